The van der Waals surface area contributed by atoms with E-state index >= 15 is 0 Å². The molecular formula is C60H42N4. The van der Waals surface area contributed by atoms with Gasteiger partial charge in [-0.2, -0.15) is 0 Å². The van der Waals surface area contributed by atoms with Crippen LogP contribution in [0.2, 0.25) is 0 Å². The second-order valence-electron chi connectivity index (χ2n) is 18.7. The molecule has 0 saturated carbocycles. The van der Waals surface area contributed by atoms with Gasteiger partial charge in [0.05, 0.1) is 55.2 Å². The summed E-state index contributed by atoms with van der Waals surface area (Å²) >= 11 is 0. The fourth-order valence-corrected chi connectivity index (χ4v) is 12.7. The summed E-state index contributed by atoms with van der Waals surface area (Å²) in [4.78, 5) is 0. The Bertz CT molecular complexity index is 4170. The quantitative estimate of drug-likeness (QED) is 0.168. The molecule has 0 aliphatic rings. The highest BCUT2D eigenvalue weighted by Gasteiger charge is 2.32. The predicted molar refractivity (Wildman–Crippen MR) is 273 cm³/mol. The van der Waals surface area contributed by atoms with Gasteiger partial charge in [-0.3, -0.25) is 0 Å². The second-order valence-corrected chi connectivity index (χ2v) is 18.7. The molecule has 6 heterocycles. The molecule has 0 aliphatic carbocycles. The van der Waals surface area contributed by atoms with Crippen molar-refractivity contribution in [1.29, 1.82) is 0 Å². The van der Waals surface area contributed by atoms with Crippen LogP contribution in [0.25, 0.3) is 131 Å². The van der Waals surface area contributed by atoms with Gasteiger partial charge in [0, 0.05) is 76.0 Å². The highest BCUT2D eigenvalue weighted by molar-refractivity contribution is 6.36. The van der Waals surface area contributed by atoms with Crippen LogP contribution in [0.15, 0.2) is 170 Å². The Morgan fingerprint density at radius 2 is 0.625 bits per heavy atom. The number of rotatable bonds is 4. The van der Waals surface area contributed by atoms with Crippen molar-refractivity contribution in [2.45, 2.75) is 39.5 Å². The third-order valence-electron chi connectivity index (χ3n) is 14.9. The highest BCUT2D eigenvalue weighted by atomic mass is 15.0. The molecule has 0 saturated heterocycles. The lowest BCUT2D eigenvalue weighted by Crippen LogP contribution is -2.01. The van der Waals surface area contributed by atoms with Crippen LogP contribution in [0.5, 0.6) is 0 Å². The van der Waals surface area contributed by atoms with Gasteiger partial charge in [0.25, 0.3) is 0 Å². The number of benzene rings is 9. The van der Waals surface area contributed by atoms with E-state index in [-0.39, 0.29) is 11.8 Å². The van der Waals surface area contributed by atoms with E-state index in [4.69, 9.17) is 0 Å². The summed E-state index contributed by atoms with van der Waals surface area (Å²) < 4.78 is 10.4. The monoisotopic (exact) mass is 818 g/mol. The fraction of sp³-hybridized carbons (Fsp3) is 0.100. The molecule has 0 fully saturated rings. The summed E-state index contributed by atoms with van der Waals surface area (Å²) in [7, 11) is 0. The van der Waals surface area contributed by atoms with E-state index in [1.165, 1.54) is 142 Å². The predicted octanol–water partition coefficient (Wildman–Crippen LogP) is 16.4. The van der Waals surface area contributed by atoms with Gasteiger partial charge >= 0.3 is 0 Å². The maximum Gasteiger partial charge on any atom is 0.0641 e. The Labute approximate surface area is 368 Å². The molecule has 0 unspecified atom stereocenters. The van der Waals surface area contributed by atoms with Crippen molar-refractivity contribution >= 4 is 120 Å². The highest BCUT2D eigenvalue weighted by Crippen LogP contribution is 2.53. The average molecular weight is 819 g/mol. The van der Waals surface area contributed by atoms with Gasteiger partial charge in [0.2, 0.25) is 0 Å². The maximum absolute atomic E-state index is 2.68. The number of para-hydroxylation sites is 6. The Hall–Kier alpha value is -7.82. The zero-order valence-corrected chi connectivity index (χ0v) is 36.1. The van der Waals surface area contributed by atoms with E-state index in [0.29, 0.717) is 0 Å². The number of hydrogen-bond acceptors (Lipinski definition) is 0. The van der Waals surface area contributed by atoms with Gasteiger partial charge in [-0.15, -0.1) is 0 Å². The van der Waals surface area contributed by atoms with Crippen molar-refractivity contribution in [1.82, 2.24) is 17.9 Å². The van der Waals surface area contributed by atoms with Gasteiger partial charge in [-0.25, -0.2) is 0 Å². The number of fused-ring (bicyclic) bond motifs is 20. The number of hydrogen-bond donors (Lipinski definition) is 0. The Morgan fingerprint density at radius 3 is 1.03 bits per heavy atom. The first-order valence-electron chi connectivity index (χ1n) is 22.9. The largest absolute Gasteiger partial charge is 0.309 e. The summed E-state index contributed by atoms with van der Waals surface area (Å²) in [5.74, 6) is 0.506. The molecule has 302 valence electrons. The van der Waals surface area contributed by atoms with Crippen LogP contribution < -0.4 is 0 Å². The smallest absolute Gasteiger partial charge is 0.0641 e. The van der Waals surface area contributed by atoms with Gasteiger partial charge in [0.15, 0.2) is 0 Å². The third kappa shape index (κ3) is 3.98. The van der Waals surface area contributed by atoms with E-state index in [1.807, 2.05) is 0 Å². The molecule has 4 nitrogen and oxygen atoms in total. The van der Waals surface area contributed by atoms with Crippen LogP contribution >= 0.6 is 0 Å². The average Bonchev–Trinajstić information content (AvgIpc) is 4.16. The van der Waals surface area contributed by atoms with E-state index in [2.05, 4.69) is 215 Å². The molecule has 9 aromatic carbocycles. The normalized spacial score (nSPS) is 13.0. The van der Waals surface area contributed by atoms with Gasteiger partial charge in [0.1, 0.15) is 0 Å². The SMILES string of the molecule is CC(C)c1c2c3cccc4c5c6c(ccc5n(c2c(C(C)C)c2c5cccc7c8c9c(ccc8n(c12)c57)c1ccccc1n9-c1ccccc1)c34)c1ccccc1n6-c1ccccc1. The molecule has 6 aromatic heterocycles. The van der Waals surface area contributed by atoms with Crippen molar-refractivity contribution in [3.8, 4) is 11.4 Å². The molecule has 0 atom stereocenters. The van der Waals surface area contributed by atoms with E-state index in [0.717, 1.165) is 0 Å². The van der Waals surface area contributed by atoms with Crippen LogP contribution in [0, 0.1) is 0 Å². The molecule has 4 heteroatoms. The van der Waals surface area contributed by atoms with Crippen LogP contribution in [-0.2, 0) is 0 Å². The zero-order chi connectivity index (χ0) is 42.3. The molecular weight excluding hydrogens is 777 g/mol. The van der Waals surface area contributed by atoms with Crippen molar-refractivity contribution in [3.05, 3.63) is 181 Å². The minimum Gasteiger partial charge on any atom is -0.309 e. The van der Waals surface area contributed by atoms with Crippen LogP contribution in [0.1, 0.15) is 50.7 Å². The van der Waals surface area contributed by atoms with E-state index < -0.39 is 0 Å². The minimum atomic E-state index is 0.253. The van der Waals surface area contributed by atoms with Crippen molar-refractivity contribution in [2.24, 2.45) is 0 Å². The van der Waals surface area contributed by atoms with Crippen molar-refractivity contribution in [2.75, 3.05) is 0 Å². The van der Waals surface area contributed by atoms with Gasteiger partial charge < -0.3 is 17.9 Å². The number of nitrogens with zero attached hydrogens (tertiary/aromatic N) is 4. The fourth-order valence-electron chi connectivity index (χ4n) is 12.7. The van der Waals surface area contributed by atoms with Crippen LogP contribution in [0.3, 0.4) is 0 Å². The molecule has 0 spiro atoms. The molecule has 0 amide bonds. The molecule has 15 rings (SSSR count). The molecule has 0 bridgehead atoms. The van der Waals surface area contributed by atoms with Gasteiger partial charge in [-0.05, 0) is 71.5 Å². The van der Waals surface area contributed by atoms with Crippen LogP contribution in [-0.4, -0.2) is 17.9 Å². The summed E-state index contributed by atoms with van der Waals surface area (Å²) in [5.41, 5.74) is 18.1. The molecule has 64 heavy (non-hydrogen) atoms. The minimum absolute atomic E-state index is 0.253. The lowest BCUT2D eigenvalue weighted by Gasteiger charge is -2.19. The third-order valence-corrected chi connectivity index (χ3v) is 14.9. The molecule has 0 radical (unpaired) electrons. The molecule has 0 N–H and O–H groups in total. The Balaban J connectivity index is 1.18. The maximum atomic E-state index is 2.68. The van der Waals surface area contributed by atoms with Crippen LogP contribution in [0.4, 0.5) is 0 Å². The summed E-state index contributed by atoms with van der Waals surface area (Å²) in [6, 6.07) is 63.5. The summed E-state index contributed by atoms with van der Waals surface area (Å²) in [6.07, 6.45) is 0. The van der Waals surface area contributed by atoms with Crippen molar-refractivity contribution in [3.63, 3.8) is 0 Å². The lowest BCUT2D eigenvalue weighted by molar-refractivity contribution is 0.869. The first-order valence-corrected chi connectivity index (χ1v) is 22.9. The summed E-state index contributed by atoms with van der Waals surface area (Å²) in [6.45, 7) is 9.65. The first kappa shape index (κ1) is 34.7. The summed E-state index contributed by atoms with van der Waals surface area (Å²) in [5, 5.41) is 15.9. The zero-order valence-electron chi connectivity index (χ0n) is 36.1. The first-order chi connectivity index (χ1) is 31.5. The molecule has 0 aliphatic heterocycles. The van der Waals surface area contributed by atoms with E-state index in [1.54, 1.807) is 0 Å². The number of aromatic nitrogens is 4. The van der Waals surface area contributed by atoms with Crippen molar-refractivity contribution < 1.29 is 0 Å². The topological polar surface area (TPSA) is 18.7 Å². The second kappa shape index (κ2) is 12.0. The Kier molecular flexibility index (Phi) is 6.51. The van der Waals surface area contributed by atoms with E-state index in [9.17, 15) is 0 Å². The van der Waals surface area contributed by atoms with Gasteiger partial charge in [-0.1, -0.05) is 149 Å². The molecule has 15 aromatic rings. The Morgan fingerprint density at radius 1 is 0.266 bits per heavy atom. The lowest BCUT2D eigenvalue weighted by atomic mass is 9.87. The standard InChI is InChI=1S/C60H42N4/c1-33(2)49-53-43-25-15-23-41-52-48(32-30-40-38-22-12-14-28-46(38)62(58(40)52)36-19-9-6-10-20-36)64(55(41)43)60(53)50(34(3)4)54-44-26-16-24-42-51-47(63(56(42)44)59(49)54)31-29-39-37-21-11-13-27-45(37)61(57(39)51)35-17-7-5-8-18-35/h5-34H,1-4H3.